The van der Waals surface area contributed by atoms with E-state index in [2.05, 4.69) is 11.8 Å². The molecule has 2 amide bonds. The molecule has 0 radical (unpaired) electrons. The molecule has 1 aliphatic rings. The summed E-state index contributed by atoms with van der Waals surface area (Å²) in [6, 6.07) is 15.6. The smallest absolute Gasteiger partial charge is 0.316 e. The summed E-state index contributed by atoms with van der Waals surface area (Å²) in [5.74, 6) is 4.56. The molecule has 0 bridgehead atoms. The van der Waals surface area contributed by atoms with E-state index >= 15 is 0 Å². The Morgan fingerprint density at radius 3 is 2.59 bits per heavy atom. The minimum atomic E-state index is -0.910. The van der Waals surface area contributed by atoms with Crippen LogP contribution >= 0.6 is 11.3 Å². The van der Waals surface area contributed by atoms with Crippen molar-refractivity contribution in [2.45, 2.75) is 19.5 Å². The number of fused-ring (bicyclic) bond motifs is 1. The number of halogens is 2. The molecule has 29 heavy (non-hydrogen) atoms. The lowest BCUT2D eigenvalue weighted by atomic mass is 10.1. The molecule has 1 aromatic heterocycles. The Hall–Kier alpha value is -3.17. The van der Waals surface area contributed by atoms with Crippen LogP contribution in [0.3, 0.4) is 0 Å². The number of carbonyl (C=O) groups is 1. The summed E-state index contributed by atoms with van der Waals surface area (Å²) < 4.78 is 26.6. The first kappa shape index (κ1) is 19.2. The van der Waals surface area contributed by atoms with Crippen LogP contribution in [0.25, 0.3) is 0 Å². The fourth-order valence-corrected chi connectivity index (χ4v) is 4.26. The standard InChI is InChI=1S/C23H18F2N2OS/c1-26-22-18(13-19(29-22)9-5-8-16-6-3-2-4-7-16)15-27(23(26)28)14-17-10-11-20(24)21(25)12-17/h2-4,6-7,10-13H,8,14-15H2,1H3. The van der Waals surface area contributed by atoms with E-state index in [4.69, 9.17) is 0 Å². The van der Waals surface area contributed by atoms with Crippen LogP contribution in [0, 0.1) is 23.5 Å². The lowest BCUT2D eigenvalue weighted by Crippen LogP contribution is -2.43. The maximum absolute atomic E-state index is 13.5. The zero-order valence-corrected chi connectivity index (χ0v) is 16.6. The molecule has 1 aliphatic heterocycles. The summed E-state index contributed by atoms with van der Waals surface area (Å²) in [6.07, 6.45) is 0.667. The Bertz CT molecular complexity index is 1110. The van der Waals surface area contributed by atoms with Crippen molar-refractivity contribution in [3.8, 4) is 11.8 Å². The maximum Gasteiger partial charge on any atom is 0.325 e. The number of thiophene rings is 1. The van der Waals surface area contributed by atoms with Crippen molar-refractivity contribution in [3.63, 3.8) is 0 Å². The normalized spacial score (nSPS) is 13.1. The molecule has 0 saturated heterocycles. The first-order chi connectivity index (χ1) is 14.0. The Labute approximate surface area is 172 Å². The van der Waals surface area contributed by atoms with Gasteiger partial charge in [-0.25, -0.2) is 13.6 Å². The van der Waals surface area contributed by atoms with Gasteiger partial charge in [-0.2, -0.15) is 0 Å². The molecule has 2 aromatic carbocycles. The Balaban J connectivity index is 1.51. The number of amides is 2. The highest BCUT2D eigenvalue weighted by atomic mass is 32.1. The lowest BCUT2D eigenvalue weighted by Gasteiger charge is -2.33. The average Bonchev–Trinajstić information content (AvgIpc) is 3.12. The first-order valence-corrected chi connectivity index (χ1v) is 9.95. The largest absolute Gasteiger partial charge is 0.325 e. The number of rotatable bonds is 3. The van der Waals surface area contributed by atoms with Crippen LogP contribution < -0.4 is 4.90 Å². The van der Waals surface area contributed by atoms with Crippen LogP contribution in [0.5, 0.6) is 0 Å². The van der Waals surface area contributed by atoms with Crippen LogP contribution in [0.15, 0.2) is 54.6 Å². The van der Waals surface area contributed by atoms with E-state index in [0.29, 0.717) is 18.5 Å². The van der Waals surface area contributed by atoms with Crippen molar-refractivity contribution in [1.29, 1.82) is 0 Å². The highest BCUT2D eigenvalue weighted by Crippen LogP contribution is 2.36. The second-order valence-electron chi connectivity index (χ2n) is 6.85. The van der Waals surface area contributed by atoms with Gasteiger partial charge in [0.1, 0.15) is 5.00 Å². The third kappa shape index (κ3) is 4.15. The van der Waals surface area contributed by atoms with Crippen LogP contribution in [0.1, 0.15) is 21.6 Å². The number of urea groups is 1. The number of carbonyl (C=O) groups excluding carboxylic acids is 1. The van der Waals surface area contributed by atoms with Crippen molar-refractivity contribution in [1.82, 2.24) is 4.90 Å². The highest BCUT2D eigenvalue weighted by Gasteiger charge is 2.29. The quantitative estimate of drug-likeness (QED) is 0.547. The zero-order valence-electron chi connectivity index (χ0n) is 15.8. The second-order valence-corrected chi connectivity index (χ2v) is 7.88. The van der Waals surface area contributed by atoms with Gasteiger partial charge in [-0.1, -0.05) is 48.2 Å². The minimum absolute atomic E-state index is 0.173. The fraction of sp³-hybridized carbons (Fsp3) is 0.174. The first-order valence-electron chi connectivity index (χ1n) is 9.13. The molecule has 0 fully saturated rings. The molecule has 6 heteroatoms. The summed E-state index contributed by atoms with van der Waals surface area (Å²) in [5.41, 5.74) is 2.71. The van der Waals surface area contributed by atoms with Gasteiger partial charge in [0.2, 0.25) is 0 Å². The number of hydrogen-bond donors (Lipinski definition) is 0. The molecule has 3 nitrogen and oxygen atoms in total. The van der Waals surface area contributed by atoms with E-state index in [1.165, 1.54) is 17.4 Å². The molecule has 0 atom stereocenters. The maximum atomic E-state index is 13.5. The zero-order chi connectivity index (χ0) is 20.4. The van der Waals surface area contributed by atoms with E-state index < -0.39 is 11.6 Å². The molecule has 0 unspecified atom stereocenters. The number of nitrogens with zero attached hydrogens (tertiary/aromatic N) is 2. The lowest BCUT2D eigenvalue weighted by molar-refractivity contribution is 0.197. The Kier molecular flexibility index (Phi) is 5.32. The molecule has 0 aliphatic carbocycles. The third-order valence-electron chi connectivity index (χ3n) is 4.71. The van der Waals surface area contributed by atoms with Gasteiger partial charge in [0, 0.05) is 25.6 Å². The summed E-state index contributed by atoms with van der Waals surface area (Å²) in [4.78, 5) is 16.8. The van der Waals surface area contributed by atoms with Crippen molar-refractivity contribution in [2.75, 3.05) is 11.9 Å². The predicted molar refractivity (Wildman–Crippen MR) is 111 cm³/mol. The molecule has 0 spiro atoms. The van der Waals surface area contributed by atoms with Gasteiger partial charge in [0.15, 0.2) is 11.6 Å². The second kappa shape index (κ2) is 8.06. The van der Waals surface area contributed by atoms with E-state index in [9.17, 15) is 13.6 Å². The van der Waals surface area contributed by atoms with Gasteiger partial charge in [-0.15, -0.1) is 11.3 Å². The van der Waals surface area contributed by atoms with E-state index in [-0.39, 0.29) is 12.6 Å². The van der Waals surface area contributed by atoms with Crippen LogP contribution in [0.2, 0.25) is 0 Å². The summed E-state index contributed by atoms with van der Waals surface area (Å²) in [5, 5.41) is 0.876. The molecule has 2 heterocycles. The fourth-order valence-electron chi connectivity index (χ4n) is 3.26. The molecule has 0 N–H and O–H groups in total. The SMILES string of the molecule is CN1C(=O)N(Cc2ccc(F)c(F)c2)Cc2cc(C#CCc3ccccc3)sc21. The third-order valence-corrected chi connectivity index (χ3v) is 5.88. The van der Waals surface area contributed by atoms with Crippen molar-refractivity contribution < 1.29 is 13.6 Å². The van der Waals surface area contributed by atoms with E-state index in [0.717, 1.165) is 33.1 Å². The predicted octanol–water partition coefficient (Wildman–Crippen LogP) is 5.19. The van der Waals surface area contributed by atoms with Crippen LogP contribution in [-0.4, -0.2) is 18.0 Å². The summed E-state index contributed by atoms with van der Waals surface area (Å²) in [6.45, 7) is 0.624. The molecular weight excluding hydrogens is 390 g/mol. The molecular formula is C23H18F2N2OS. The molecule has 4 rings (SSSR count). The number of hydrogen-bond acceptors (Lipinski definition) is 2. The van der Waals surface area contributed by atoms with Gasteiger partial charge >= 0.3 is 6.03 Å². The van der Waals surface area contributed by atoms with Gasteiger partial charge < -0.3 is 4.90 Å². The van der Waals surface area contributed by atoms with Crippen molar-refractivity contribution in [2.24, 2.45) is 0 Å². The molecule has 3 aromatic rings. The topological polar surface area (TPSA) is 23.6 Å². The van der Waals surface area contributed by atoms with Crippen molar-refractivity contribution in [3.05, 3.63) is 87.8 Å². The molecule has 146 valence electrons. The van der Waals surface area contributed by atoms with Gasteiger partial charge in [0.25, 0.3) is 0 Å². The number of anilines is 1. The summed E-state index contributed by atoms with van der Waals surface area (Å²) in [7, 11) is 1.72. The molecule has 0 saturated carbocycles. The minimum Gasteiger partial charge on any atom is -0.316 e. The van der Waals surface area contributed by atoms with Gasteiger partial charge in [-0.3, -0.25) is 4.90 Å². The van der Waals surface area contributed by atoms with E-state index in [1.54, 1.807) is 16.8 Å². The van der Waals surface area contributed by atoms with E-state index in [1.807, 2.05) is 36.4 Å². The van der Waals surface area contributed by atoms with Gasteiger partial charge in [-0.05, 0) is 29.3 Å². The monoisotopic (exact) mass is 408 g/mol. The van der Waals surface area contributed by atoms with Crippen molar-refractivity contribution >= 4 is 22.4 Å². The summed E-state index contributed by atoms with van der Waals surface area (Å²) >= 11 is 1.49. The Morgan fingerprint density at radius 1 is 1.03 bits per heavy atom. The van der Waals surface area contributed by atoms with Crippen LogP contribution in [0.4, 0.5) is 18.6 Å². The number of benzene rings is 2. The highest BCUT2D eigenvalue weighted by molar-refractivity contribution is 7.17. The van der Waals surface area contributed by atoms with Gasteiger partial charge in [0.05, 0.1) is 11.4 Å². The average molecular weight is 408 g/mol. The Morgan fingerprint density at radius 2 is 1.83 bits per heavy atom. The van der Waals surface area contributed by atoms with Crippen LogP contribution in [-0.2, 0) is 19.5 Å².